The van der Waals surface area contributed by atoms with Gasteiger partial charge in [-0.25, -0.2) is 0 Å². The van der Waals surface area contributed by atoms with E-state index in [2.05, 4.69) is 10.4 Å². The summed E-state index contributed by atoms with van der Waals surface area (Å²) in [6, 6.07) is 13.5. The molecular weight excluding hydrogens is 234 g/mol. The molecule has 0 saturated carbocycles. The zero-order chi connectivity index (χ0) is 11.7. The number of hydrogen-bond donors (Lipinski definition) is 1. The van der Waals surface area contributed by atoms with Crippen molar-refractivity contribution < 1.29 is 0 Å². The Bertz CT molecular complexity index is 660. The number of nitrogens with zero attached hydrogens (tertiary/aromatic N) is 2. The molecule has 0 unspecified atom stereocenters. The second-order valence-corrected chi connectivity index (χ2v) is 4.09. The molecule has 84 valence electrons. The first kappa shape index (κ1) is 10.2. The standard InChI is InChI=1S/C13H10ClN3/c14-10-4-1-2-5-11(10)16-17-9-7-12-13(17)6-3-8-15-12/h1-9,16H. The van der Waals surface area contributed by atoms with Gasteiger partial charge in [-0.15, -0.1) is 0 Å². The maximum absolute atomic E-state index is 6.10. The van der Waals surface area contributed by atoms with Crippen molar-refractivity contribution in [2.45, 2.75) is 0 Å². The average molecular weight is 244 g/mol. The lowest BCUT2D eigenvalue weighted by Gasteiger charge is -2.10. The molecule has 0 bridgehead atoms. The number of aromatic nitrogens is 2. The topological polar surface area (TPSA) is 29.9 Å². The third-order valence-corrected chi connectivity index (χ3v) is 2.90. The number of rotatable bonds is 2. The Morgan fingerprint density at radius 2 is 1.94 bits per heavy atom. The molecule has 0 aliphatic carbocycles. The minimum atomic E-state index is 0.693. The van der Waals surface area contributed by atoms with E-state index in [-0.39, 0.29) is 0 Å². The normalized spacial score (nSPS) is 10.6. The summed E-state index contributed by atoms with van der Waals surface area (Å²) in [7, 11) is 0. The first-order valence-electron chi connectivity index (χ1n) is 5.28. The first-order chi connectivity index (χ1) is 8.34. The predicted molar refractivity (Wildman–Crippen MR) is 70.2 cm³/mol. The highest BCUT2D eigenvalue weighted by Gasteiger charge is 2.02. The second-order valence-electron chi connectivity index (χ2n) is 3.69. The molecular formula is C13H10ClN3. The Labute approximate surface area is 104 Å². The summed E-state index contributed by atoms with van der Waals surface area (Å²) >= 11 is 6.10. The van der Waals surface area contributed by atoms with Crippen LogP contribution in [-0.2, 0) is 0 Å². The molecule has 1 N–H and O–H groups in total. The Hall–Kier alpha value is -2.00. The van der Waals surface area contributed by atoms with Crippen LogP contribution in [0.3, 0.4) is 0 Å². The molecule has 0 spiro atoms. The molecule has 0 fully saturated rings. The van der Waals surface area contributed by atoms with Gasteiger partial charge in [-0.2, -0.15) is 0 Å². The van der Waals surface area contributed by atoms with E-state index in [0.29, 0.717) is 5.02 Å². The fraction of sp³-hybridized carbons (Fsp3) is 0. The predicted octanol–water partition coefficient (Wildman–Crippen LogP) is 3.56. The monoisotopic (exact) mass is 243 g/mol. The summed E-state index contributed by atoms with van der Waals surface area (Å²) in [4.78, 5) is 4.27. The van der Waals surface area contributed by atoms with E-state index in [1.807, 2.05) is 53.3 Å². The molecule has 17 heavy (non-hydrogen) atoms. The number of benzene rings is 1. The maximum Gasteiger partial charge on any atom is 0.0901 e. The van der Waals surface area contributed by atoms with E-state index < -0.39 is 0 Å². The van der Waals surface area contributed by atoms with Gasteiger partial charge in [0, 0.05) is 12.4 Å². The minimum Gasteiger partial charge on any atom is -0.293 e. The summed E-state index contributed by atoms with van der Waals surface area (Å²) in [6.07, 6.45) is 3.71. The second kappa shape index (κ2) is 4.11. The van der Waals surface area contributed by atoms with Gasteiger partial charge in [-0.05, 0) is 30.3 Å². The van der Waals surface area contributed by atoms with Crippen molar-refractivity contribution in [3.05, 3.63) is 59.9 Å². The van der Waals surface area contributed by atoms with E-state index in [1.165, 1.54) is 0 Å². The lowest BCUT2D eigenvalue weighted by atomic mass is 10.3. The fourth-order valence-electron chi connectivity index (χ4n) is 1.75. The van der Waals surface area contributed by atoms with Gasteiger partial charge >= 0.3 is 0 Å². The van der Waals surface area contributed by atoms with Gasteiger partial charge in [-0.1, -0.05) is 23.7 Å². The lowest BCUT2D eigenvalue weighted by molar-refractivity contribution is 1.01. The van der Waals surface area contributed by atoms with Crippen LogP contribution in [0.25, 0.3) is 11.0 Å². The maximum atomic E-state index is 6.10. The van der Waals surface area contributed by atoms with Gasteiger partial charge in [0.05, 0.1) is 21.7 Å². The quantitative estimate of drug-likeness (QED) is 0.746. The van der Waals surface area contributed by atoms with Crippen LogP contribution >= 0.6 is 11.6 Å². The van der Waals surface area contributed by atoms with E-state index >= 15 is 0 Å². The molecule has 0 atom stereocenters. The van der Waals surface area contributed by atoms with Gasteiger partial charge in [-0.3, -0.25) is 15.1 Å². The van der Waals surface area contributed by atoms with Gasteiger partial charge < -0.3 is 0 Å². The third-order valence-electron chi connectivity index (χ3n) is 2.57. The Kier molecular flexibility index (Phi) is 2.46. The number of halogens is 1. The van der Waals surface area contributed by atoms with Gasteiger partial charge in [0.2, 0.25) is 0 Å². The highest BCUT2D eigenvalue weighted by molar-refractivity contribution is 6.33. The van der Waals surface area contributed by atoms with Crippen LogP contribution in [0.2, 0.25) is 5.02 Å². The number of fused-ring (bicyclic) bond motifs is 1. The van der Waals surface area contributed by atoms with Crippen LogP contribution in [0.4, 0.5) is 5.69 Å². The van der Waals surface area contributed by atoms with Crippen molar-refractivity contribution >= 4 is 28.3 Å². The minimum absolute atomic E-state index is 0.693. The van der Waals surface area contributed by atoms with E-state index in [4.69, 9.17) is 11.6 Å². The van der Waals surface area contributed by atoms with Gasteiger partial charge in [0.1, 0.15) is 0 Å². The van der Waals surface area contributed by atoms with Crippen LogP contribution in [0.15, 0.2) is 54.9 Å². The Morgan fingerprint density at radius 3 is 2.82 bits per heavy atom. The highest BCUT2D eigenvalue weighted by atomic mass is 35.5. The molecule has 2 heterocycles. The molecule has 1 aromatic carbocycles. The molecule has 3 rings (SSSR count). The summed E-state index contributed by atoms with van der Waals surface area (Å²) in [5.41, 5.74) is 6.08. The number of pyridine rings is 1. The van der Waals surface area contributed by atoms with E-state index in [1.54, 1.807) is 6.20 Å². The van der Waals surface area contributed by atoms with Gasteiger partial charge in [0.15, 0.2) is 0 Å². The molecule has 2 aromatic heterocycles. The largest absolute Gasteiger partial charge is 0.293 e. The zero-order valence-electron chi connectivity index (χ0n) is 8.97. The average Bonchev–Trinajstić information content (AvgIpc) is 2.76. The third kappa shape index (κ3) is 1.85. The number of nitrogens with one attached hydrogen (secondary N) is 1. The van der Waals surface area contributed by atoms with Crippen LogP contribution in [0.5, 0.6) is 0 Å². The van der Waals surface area contributed by atoms with E-state index in [9.17, 15) is 0 Å². The molecule has 0 amide bonds. The summed E-state index contributed by atoms with van der Waals surface area (Å²) < 4.78 is 1.91. The van der Waals surface area contributed by atoms with Crippen LogP contribution < -0.4 is 5.43 Å². The smallest absolute Gasteiger partial charge is 0.0901 e. The lowest BCUT2D eigenvalue weighted by Crippen LogP contribution is -2.07. The van der Waals surface area contributed by atoms with Crippen molar-refractivity contribution in [1.29, 1.82) is 0 Å². The number of anilines is 1. The summed E-state index contributed by atoms with van der Waals surface area (Å²) in [6.45, 7) is 0. The molecule has 0 aliphatic rings. The van der Waals surface area contributed by atoms with E-state index in [0.717, 1.165) is 16.7 Å². The van der Waals surface area contributed by atoms with Crippen molar-refractivity contribution in [2.24, 2.45) is 0 Å². The first-order valence-corrected chi connectivity index (χ1v) is 5.66. The van der Waals surface area contributed by atoms with Crippen molar-refractivity contribution in [3.63, 3.8) is 0 Å². The highest BCUT2D eigenvalue weighted by Crippen LogP contribution is 2.22. The summed E-state index contributed by atoms with van der Waals surface area (Å²) in [5, 5.41) is 0.693. The molecule has 0 saturated heterocycles. The summed E-state index contributed by atoms with van der Waals surface area (Å²) in [5.74, 6) is 0. The molecule has 0 aliphatic heterocycles. The molecule has 4 heteroatoms. The van der Waals surface area contributed by atoms with Crippen LogP contribution in [0.1, 0.15) is 0 Å². The molecule has 0 radical (unpaired) electrons. The fourth-order valence-corrected chi connectivity index (χ4v) is 1.92. The number of hydrogen-bond acceptors (Lipinski definition) is 2. The van der Waals surface area contributed by atoms with Crippen LogP contribution in [-0.4, -0.2) is 9.66 Å². The number of para-hydroxylation sites is 1. The van der Waals surface area contributed by atoms with Gasteiger partial charge in [0.25, 0.3) is 0 Å². The van der Waals surface area contributed by atoms with Crippen molar-refractivity contribution in [1.82, 2.24) is 9.66 Å². The van der Waals surface area contributed by atoms with Crippen molar-refractivity contribution in [3.8, 4) is 0 Å². The van der Waals surface area contributed by atoms with Crippen molar-refractivity contribution in [2.75, 3.05) is 5.43 Å². The Balaban J connectivity index is 2.03. The zero-order valence-corrected chi connectivity index (χ0v) is 9.72. The SMILES string of the molecule is Clc1ccccc1Nn1ccc2ncccc21. The molecule has 3 nitrogen and oxygen atoms in total. The van der Waals surface area contributed by atoms with Crippen LogP contribution in [0, 0.1) is 0 Å². The Morgan fingerprint density at radius 1 is 1.06 bits per heavy atom. The molecule has 3 aromatic rings.